The second-order valence-corrected chi connectivity index (χ2v) is 7.02. The minimum Gasteiger partial charge on any atom is -0.389 e. The van der Waals surface area contributed by atoms with E-state index in [1.54, 1.807) is 0 Å². The summed E-state index contributed by atoms with van der Waals surface area (Å²) >= 11 is 5.95. The summed E-state index contributed by atoms with van der Waals surface area (Å²) in [5.74, 6) is 0.689. The SMILES string of the molecule is CC1CCCC(CN(C)C)C1(O)Cc1ccc(Cl)cc1. The Bertz CT molecular complexity index is 431. The molecule has 0 amide bonds. The van der Waals surface area contributed by atoms with Crippen LogP contribution in [0, 0.1) is 11.8 Å². The number of benzene rings is 1. The summed E-state index contributed by atoms with van der Waals surface area (Å²) < 4.78 is 0. The van der Waals surface area contributed by atoms with Gasteiger partial charge in [-0.05, 0) is 50.6 Å². The fourth-order valence-electron chi connectivity index (χ4n) is 3.51. The molecular formula is C17H26ClNO. The van der Waals surface area contributed by atoms with Gasteiger partial charge in [-0.1, -0.05) is 37.1 Å². The van der Waals surface area contributed by atoms with E-state index < -0.39 is 5.60 Å². The molecule has 0 bridgehead atoms. The molecule has 0 aliphatic heterocycles. The molecule has 0 saturated heterocycles. The molecule has 2 nitrogen and oxygen atoms in total. The molecule has 1 aromatic carbocycles. The van der Waals surface area contributed by atoms with E-state index in [0.29, 0.717) is 11.8 Å². The van der Waals surface area contributed by atoms with Crippen molar-refractivity contribution in [2.45, 2.75) is 38.2 Å². The molecule has 112 valence electrons. The largest absolute Gasteiger partial charge is 0.389 e. The first-order valence-electron chi connectivity index (χ1n) is 7.53. The molecule has 0 heterocycles. The van der Waals surface area contributed by atoms with Crippen LogP contribution in [0.4, 0.5) is 0 Å². The molecule has 3 unspecified atom stereocenters. The van der Waals surface area contributed by atoms with Gasteiger partial charge in [-0.25, -0.2) is 0 Å². The maximum Gasteiger partial charge on any atom is 0.0753 e. The van der Waals surface area contributed by atoms with Crippen molar-refractivity contribution in [1.82, 2.24) is 4.90 Å². The van der Waals surface area contributed by atoms with E-state index in [-0.39, 0.29) is 0 Å². The minimum atomic E-state index is -0.601. The van der Waals surface area contributed by atoms with Gasteiger partial charge >= 0.3 is 0 Å². The number of halogens is 1. The molecule has 1 aliphatic rings. The molecule has 0 radical (unpaired) electrons. The average Bonchev–Trinajstić information content (AvgIpc) is 2.38. The van der Waals surface area contributed by atoms with E-state index in [4.69, 9.17) is 11.6 Å². The van der Waals surface area contributed by atoms with Crippen LogP contribution < -0.4 is 0 Å². The zero-order valence-electron chi connectivity index (χ0n) is 12.8. The third-order valence-electron chi connectivity index (χ3n) is 4.74. The summed E-state index contributed by atoms with van der Waals surface area (Å²) in [6, 6.07) is 7.89. The van der Waals surface area contributed by atoms with Crippen LogP contribution in [0.3, 0.4) is 0 Å². The van der Waals surface area contributed by atoms with Gasteiger partial charge in [0.2, 0.25) is 0 Å². The summed E-state index contributed by atoms with van der Waals surface area (Å²) in [6.45, 7) is 3.15. The molecule has 1 aromatic rings. The second-order valence-electron chi connectivity index (χ2n) is 6.59. The maximum atomic E-state index is 11.3. The van der Waals surface area contributed by atoms with Gasteiger partial charge in [0.15, 0.2) is 0 Å². The Kier molecular flexibility index (Phi) is 5.11. The summed E-state index contributed by atoms with van der Waals surface area (Å²) in [5.41, 5.74) is 0.575. The molecule has 20 heavy (non-hydrogen) atoms. The topological polar surface area (TPSA) is 23.5 Å². The lowest BCUT2D eigenvalue weighted by molar-refractivity contribution is -0.0938. The highest BCUT2D eigenvalue weighted by Gasteiger charge is 2.43. The van der Waals surface area contributed by atoms with Crippen LogP contribution in [0.25, 0.3) is 0 Å². The number of hydrogen-bond donors (Lipinski definition) is 1. The third kappa shape index (κ3) is 3.55. The first kappa shape index (κ1) is 15.8. The Morgan fingerprint density at radius 1 is 1.25 bits per heavy atom. The van der Waals surface area contributed by atoms with Gasteiger partial charge in [-0.2, -0.15) is 0 Å². The summed E-state index contributed by atoms with van der Waals surface area (Å²) in [6.07, 6.45) is 4.19. The third-order valence-corrected chi connectivity index (χ3v) is 4.99. The Hall–Kier alpha value is -0.570. The monoisotopic (exact) mass is 295 g/mol. The van der Waals surface area contributed by atoms with E-state index in [1.807, 2.05) is 24.3 Å². The fourth-order valence-corrected chi connectivity index (χ4v) is 3.64. The smallest absolute Gasteiger partial charge is 0.0753 e. The highest BCUT2D eigenvalue weighted by atomic mass is 35.5. The Balaban J connectivity index is 2.19. The van der Waals surface area contributed by atoms with Crippen LogP contribution in [-0.4, -0.2) is 36.2 Å². The van der Waals surface area contributed by atoms with Gasteiger partial charge in [0.1, 0.15) is 0 Å². The first-order chi connectivity index (χ1) is 9.41. The van der Waals surface area contributed by atoms with Crippen molar-refractivity contribution < 1.29 is 5.11 Å². The van der Waals surface area contributed by atoms with Gasteiger partial charge in [-0.15, -0.1) is 0 Å². The quantitative estimate of drug-likeness (QED) is 0.917. The Labute approximate surface area is 127 Å². The summed E-state index contributed by atoms with van der Waals surface area (Å²) in [5, 5.41) is 12.1. The molecule has 1 aliphatic carbocycles. The summed E-state index contributed by atoms with van der Waals surface area (Å²) in [4.78, 5) is 2.19. The van der Waals surface area contributed by atoms with Crippen LogP contribution in [0.15, 0.2) is 24.3 Å². The van der Waals surface area contributed by atoms with Gasteiger partial charge in [0.25, 0.3) is 0 Å². The van der Waals surface area contributed by atoms with Crippen molar-refractivity contribution >= 4 is 11.6 Å². The van der Waals surface area contributed by atoms with Crippen LogP contribution in [-0.2, 0) is 6.42 Å². The van der Waals surface area contributed by atoms with Gasteiger partial charge < -0.3 is 10.0 Å². The predicted octanol–water partition coefficient (Wildman–Crippen LogP) is 3.61. The molecule has 3 atom stereocenters. The summed E-state index contributed by atoms with van der Waals surface area (Å²) in [7, 11) is 4.17. The normalized spacial score (nSPS) is 30.7. The van der Waals surface area contributed by atoms with Crippen molar-refractivity contribution in [3.05, 3.63) is 34.9 Å². The maximum absolute atomic E-state index is 11.3. The molecule has 0 aromatic heterocycles. The van der Waals surface area contributed by atoms with E-state index >= 15 is 0 Å². The number of aliphatic hydroxyl groups is 1. The van der Waals surface area contributed by atoms with Gasteiger partial charge in [-0.3, -0.25) is 0 Å². The van der Waals surface area contributed by atoms with Crippen LogP contribution in [0.2, 0.25) is 5.02 Å². The predicted molar refractivity (Wildman–Crippen MR) is 85.2 cm³/mol. The van der Waals surface area contributed by atoms with E-state index in [1.165, 1.54) is 12.0 Å². The standard InChI is InChI=1S/C17H26ClNO/c1-13-5-4-6-15(12-19(2)3)17(13,20)11-14-7-9-16(18)10-8-14/h7-10,13,15,20H,4-6,11-12H2,1-3H3. The van der Waals surface area contributed by atoms with E-state index in [2.05, 4.69) is 25.9 Å². The Morgan fingerprint density at radius 3 is 2.50 bits per heavy atom. The van der Waals surface area contributed by atoms with Crippen molar-refractivity contribution in [3.8, 4) is 0 Å². The van der Waals surface area contributed by atoms with Crippen LogP contribution in [0.1, 0.15) is 31.7 Å². The Morgan fingerprint density at radius 2 is 1.90 bits per heavy atom. The van der Waals surface area contributed by atoms with E-state index in [0.717, 1.165) is 30.8 Å². The zero-order valence-corrected chi connectivity index (χ0v) is 13.5. The molecule has 0 spiro atoms. The van der Waals surface area contributed by atoms with Crippen molar-refractivity contribution in [3.63, 3.8) is 0 Å². The number of hydrogen-bond acceptors (Lipinski definition) is 2. The van der Waals surface area contributed by atoms with Crippen molar-refractivity contribution in [1.29, 1.82) is 0 Å². The lowest BCUT2D eigenvalue weighted by Crippen LogP contribution is -2.51. The zero-order chi connectivity index (χ0) is 14.8. The molecule has 3 heteroatoms. The van der Waals surface area contributed by atoms with Gasteiger partial charge in [0, 0.05) is 23.9 Å². The van der Waals surface area contributed by atoms with Crippen molar-refractivity contribution in [2.75, 3.05) is 20.6 Å². The minimum absolute atomic E-state index is 0.344. The number of nitrogens with zero attached hydrogens (tertiary/aromatic N) is 1. The lowest BCUT2D eigenvalue weighted by Gasteiger charge is -2.46. The highest BCUT2D eigenvalue weighted by Crippen LogP contribution is 2.41. The van der Waals surface area contributed by atoms with E-state index in [9.17, 15) is 5.11 Å². The van der Waals surface area contributed by atoms with Crippen LogP contribution in [0.5, 0.6) is 0 Å². The molecule has 1 N–H and O–H groups in total. The average molecular weight is 296 g/mol. The molecule has 1 fully saturated rings. The molecular weight excluding hydrogens is 270 g/mol. The highest BCUT2D eigenvalue weighted by molar-refractivity contribution is 6.30. The van der Waals surface area contributed by atoms with Crippen molar-refractivity contribution in [2.24, 2.45) is 11.8 Å². The second kappa shape index (κ2) is 6.46. The molecule has 2 rings (SSSR count). The molecule has 1 saturated carbocycles. The number of rotatable bonds is 4. The lowest BCUT2D eigenvalue weighted by atomic mass is 9.66. The fraction of sp³-hybridized carbons (Fsp3) is 0.647. The van der Waals surface area contributed by atoms with Gasteiger partial charge in [0.05, 0.1) is 5.60 Å². The first-order valence-corrected chi connectivity index (χ1v) is 7.91. The van der Waals surface area contributed by atoms with Crippen LogP contribution >= 0.6 is 11.6 Å².